The van der Waals surface area contributed by atoms with E-state index in [0.717, 1.165) is 31.4 Å². The number of hydrogen-bond donors (Lipinski definition) is 3. The Kier molecular flexibility index (Phi) is 9.32. The Morgan fingerprint density at radius 3 is 2.21 bits per heavy atom. The van der Waals surface area contributed by atoms with E-state index in [1.165, 1.54) is 0 Å². The van der Waals surface area contributed by atoms with E-state index in [0.29, 0.717) is 36.7 Å². The van der Waals surface area contributed by atoms with Crippen molar-refractivity contribution in [3.05, 3.63) is 48.5 Å². The van der Waals surface area contributed by atoms with Crippen LogP contribution in [0.3, 0.4) is 0 Å². The van der Waals surface area contributed by atoms with Crippen LogP contribution in [0.1, 0.15) is 46.0 Å². The van der Waals surface area contributed by atoms with Gasteiger partial charge in [0.05, 0.1) is 30.3 Å². The fraction of sp³-hybridized carbons (Fsp3) is 0.531. The molecule has 0 radical (unpaired) electrons. The number of unbranched alkanes of at least 4 members (excludes halogenated alkanes) is 3. The molecule has 9 nitrogen and oxygen atoms in total. The first-order valence-corrected chi connectivity index (χ1v) is 15.8. The summed E-state index contributed by atoms with van der Waals surface area (Å²) in [4.78, 5) is 43.9. The van der Waals surface area contributed by atoms with Gasteiger partial charge in [0.1, 0.15) is 17.5 Å². The van der Waals surface area contributed by atoms with Crippen molar-refractivity contribution in [1.29, 1.82) is 0 Å². The Morgan fingerprint density at radius 1 is 0.976 bits per heavy atom. The Hall–Kier alpha value is -3.24. The SMILES string of the molecule is CCOc1ccc(NC(=O)[C@@H]2[C@@H]3CC(C)C4(S3)C(C(=O)Nc3ccc(OC)cc3)N(CCCCCCO)C(=O)[C@H]24)cc1. The molecule has 3 heterocycles. The molecule has 226 valence electrons. The lowest BCUT2D eigenvalue weighted by molar-refractivity contribution is -0.138. The van der Waals surface area contributed by atoms with Crippen molar-refractivity contribution < 1.29 is 29.0 Å². The predicted octanol–water partition coefficient (Wildman–Crippen LogP) is 4.56. The van der Waals surface area contributed by atoms with Crippen LogP contribution >= 0.6 is 11.8 Å². The van der Waals surface area contributed by atoms with Crippen molar-refractivity contribution in [3.8, 4) is 11.5 Å². The highest BCUT2D eigenvalue weighted by Crippen LogP contribution is 2.68. The zero-order valence-electron chi connectivity index (χ0n) is 24.5. The third kappa shape index (κ3) is 5.58. The number of nitrogens with one attached hydrogen (secondary N) is 2. The summed E-state index contributed by atoms with van der Waals surface area (Å²) in [6.45, 7) is 5.17. The highest BCUT2D eigenvalue weighted by Gasteiger charge is 2.75. The number of ether oxygens (including phenoxy) is 2. The number of aliphatic hydroxyl groups excluding tert-OH is 1. The van der Waals surface area contributed by atoms with Gasteiger partial charge in [-0.3, -0.25) is 14.4 Å². The molecule has 42 heavy (non-hydrogen) atoms. The molecule has 5 rings (SSSR count). The number of nitrogens with zero attached hydrogens (tertiary/aromatic N) is 1. The molecular weight excluding hydrogens is 554 g/mol. The number of likely N-dealkylation sites (tertiary alicyclic amines) is 1. The quantitative estimate of drug-likeness (QED) is 0.291. The van der Waals surface area contributed by atoms with E-state index in [9.17, 15) is 14.4 Å². The van der Waals surface area contributed by atoms with E-state index in [4.69, 9.17) is 14.6 Å². The standard InChI is InChI=1S/C32H41N3O6S/c1-4-41-24-15-11-21(12-16-24)33-29(37)26-25-19-20(2)32(42-25)27(26)31(39)35(17-7-5-6-8-18-36)28(32)30(38)34-22-9-13-23(40-3)14-10-22/h9-16,20,25-28,36H,4-8,17-19H2,1-3H3,(H,33,37)(H,34,38)/t20?,25-,26+,27-,28?,32?/m0/s1. The second-order valence-electron chi connectivity index (χ2n) is 11.4. The number of amides is 3. The maximum atomic E-state index is 14.3. The molecule has 2 aromatic rings. The molecule has 2 aromatic carbocycles. The van der Waals surface area contributed by atoms with Gasteiger partial charge in [-0.2, -0.15) is 0 Å². The highest BCUT2D eigenvalue weighted by molar-refractivity contribution is 8.02. The van der Waals surface area contributed by atoms with Crippen molar-refractivity contribution in [2.24, 2.45) is 17.8 Å². The molecule has 3 aliphatic rings. The average molecular weight is 596 g/mol. The van der Waals surface area contributed by atoms with E-state index in [2.05, 4.69) is 17.6 Å². The third-order valence-electron chi connectivity index (χ3n) is 8.89. The second-order valence-corrected chi connectivity index (χ2v) is 12.9. The van der Waals surface area contributed by atoms with E-state index in [1.807, 2.05) is 31.2 Å². The first kappa shape index (κ1) is 30.2. The first-order valence-electron chi connectivity index (χ1n) is 14.9. The number of methoxy groups -OCH3 is 1. The Bertz CT molecular complexity index is 1270. The lowest BCUT2D eigenvalue weighted by Crippen LogP contribution is -2.54. The molecule has 3 amide bonds. The molecule has 0 aliphatic carbocycles. The minimum absolute atomic E-state index is 0.0420. The molecule has 1 spiro atoms. The minimum Gasteiger partial charge on any atom is -0.497 e. The molecule has 3 fully saturated rings. The maximum Gasteiger partial charge on any atom is 0.248 e. The molecule has 3 N–H and O–H groups in total. The first-order chi connectivity index (χ1) is 20.3. The zero-order valence-corrected chi connectivity index (χ0v) is 25.3. The summed E-state index contributed by atoms with van der Waals surface area (Å²) >= 11 is 1.66. The van der Waals surface area contributed by atoms with Gasteiger partial charge in [-0.15, -0.1) is 11.8 Å². The van der Waals surface area contributed by atoms with Crippen LogP contribution in [0, 0.1) is 17.8 Å². The summed E-state index contributed by atoms with van der Waals surface area (Å²) in [5.74, 6) is -0.120. The van der Waals surface area contributed by atoms with Crippen molar-refractivity contribution in [3.63, 3.8) is 0 Å². The fourth-order valence-corrected chi connectivity index (χ4v) is 9.44. The van der Waals surface area contributed by atoms with Crippen LogP contribution in [-0.2, 0) is 14.4 Å². The van der Waals surface area contributed by atoms with Gasteiger partial charge in [-0.1, -0.05) is 19.8 Å². The van der Waals surface area contributed by atoms with Crippen LogP contribution in [0.4, 0.5) is 11.4 Å². The van der Waals surface area contributed by atoms with Crippen molar-refractivity contribution in [2.45, 2.75) is 62.0 Å². The molecule has 0 saturated carbocycles. The molecule has 0 aromatic heterocycles. The lowest BCUT2D eigenvalue weighted by atomic mass is 9.66. The topological polar surface area (TPSA) is 117 Å². The van der Waals surface area contributed by atoms with E-state index in [-0.39, 0.29) is 35.5 Å². The van der Waals surface area contributed by atoms with Gasteiger partial charge in [0.25, 0.3) is 0 Å². The average Bonchev–Trinajstić information content (AvgIpc) is 3.58. The number of hydrogen-bond acceptors (Lipinski definition) is 7. The van der Waals surface area contributed by atoms with Gasteiger partial charge in [-0.25, -0.2) is 0 Å². The van der Waals surface area contributed by atoms with Crippen LogP contribution in [-0.4, -0.2) is 70.6 Å². The number of carbonyl (C=O) groups is 3. The zero-order chi connectivity index (χ0) is 29.9. The third-order valence-corrected chi connectivity index (χ3v) is 11.0. The normalized spacial score (nSPS) is 27.6. The Morgan fingerprint density at radius 2 is 1.60 bits per heavy atom. The van der Waals surface area contributed by atoms with E-state index >= 15 is 0 Å². The van der Waals surface area contributed by atoms with Crippen molar-refractivity contribution in [2.75, 3.05) is 37.5 Å². The predicted molar refractivity (Wildman–Crippen MR) is 164 cm³/mol. The largest absolute Gasteiger partial charge is 0.497 e. The smallest absolute Gasteiger partial charge is 0.248 e. The molecule has 10 heteroatoms. The number of carbonyl (C=O) groups excluding carboxylic acids is 3. The van der Waals surface area contributed by atoms with Crippen LogP contribution in [0.15, 0.2) is 48.5 Å². The van der Waals surface area contributed by atoms with Gasteiger partial charge in [0.2, 0.25) is 17.7 Å². The molecule has 3 saturated heterocycles. The van der Waals surface area contributed by atoms with Gasteiger partial charge in [-0.05, 0) is 80.6 Å². The summed E-state index contributed by atoms with van der Waals surface area (Å²) in [5, 5.41) is 15.2. The van der Waals surface area contributed by atoms with Crippen LogP contribution in [0.5, 0.6) is 11.5 Å². The number of benzene rings is 2. The van der Waals surface area contributed by atoms with Crippen LogP contribution in [0.2, 0.25) is 0 Å². The summed E-state index contributed by atoms with van der Waals surface area (Å²) in [6.07, 6.45) is 3.92. The van der Waals surface area contributed by atoms with Gasteiger partial charge >= 0.3 is 0 Å². The minimum atomic E-state index is -0.691. The summed E-state index contributed by atoms with van der Waals surface area (Å²) in [5.41, 5.74) is 1.28. The lowest BCUT2D eigenvalue weighted by Gasteiger charge is -2.38. The highest BCUT2D eigenvalue weighted by atomic mass is 32.2. The summed E-state index contributed by atoms with van der Waals surface area (Å²) < 4.78 is 10.1. The second kappa shape index (κ2) is 13.0. The monoisotopic (exact) mass is 595 g/mol. The summed E-state index contributed by atoms with van der Waals surface area (Å²) in [6, 6.07) is 13.7. The summed E-state index contributed by atoms with van der Waals surface area (Å²) in [7, 11) is 1.59. The van der Waals surface area contributed by atoms with E-state index < -0.39 is 22.6 Å². The molecule has 3 unspecified atom stereocenters. The number of anilines is 2. The fourth-order valence-electron chi connectivity index (χ4n) is 7.02. The number of fused-ring (bicyclic) bond motifs is 1. The van der Waals surface area contributed by atoms with E-state index in [1.54, 1.807) is 48.0 Å². The number of thioether (sulfide) groups is 1. The van der Waals surface area contributed by atoms with Crippen LogP contribution in [0.25, 0.3) is 0 Å². The van der Waals surface area contributed by atoms with Gasteiger partial charge in [0, 0.05) is 29.8 Å². The van der Waals surface area contributed by atoms with Crippen molar-refractivity contribution in [1.82, 2.24) is 4.90 Å². The van der Waals surface area contributed by atoms with Crippen molar-refractivity contribution >= 4 is 40.9 Å². The van der Waals surface area contributed by atoms with Gasteiger partial charge in [0.15, 0.2) is 0 Å². The molecule has 2 bridgehead atoms. The number of rotatable bonds is 13. The molecular formula is C32H41N3O6S. The Balaban J connectivity index is 1.41. The Labute approximate surface area is 251 Å². The van der Waals surface area contributed by atoms with Gasteiger partial charge < -0.3 is 30.1 Å². The molecule has 6 atom stereocenters. The maximum absolute atomic E-state index is 14.3. The van der Waals surface area contributed by atoms with Crippen LogP contribution < -0.4 is 20.1 Å². The molecule has 3 aliphatic heterocycles. The number of aliphatic hydroxyl groups is 1.